The van der Waals surface area contributed by atoms with Crippen LogP contribution in [0.3, 0.4) is 0 Å². The van der Waals surface area contributed by atoms with E-state index in [1.807, 2.05) is 6.92 Å². The van der Waals surface area contributed by atoms with Gasteiger partial charge in [0.25, 0.3) is 0 Å². The lowest BCUT2D eigenvalue weighted by atomic mass is 10.2. The van der Waals surface area contributed by atoms with Crippen LogP contribution in [0.5, 0.6) is 0 Å². The molecule has 1 rings (SSSR count). The summed E-state index contributed by atoms with van der Waals surface area (Å²) in [6.07, 6.45) is 1.79. The largest absolute Gasteiger partial charge is 0.462 e. The third kappa shape index (κ3) is 3.71. The number of halogens is 1. The van der Waals surface area contributed by atoms with Crippen LogP contribution < -0.4 is 0 Å². The lowest BCUT2D eigenvalue weighted by molar-refractivity contribution is 0.0505. The predicted octanol–water partition coefficient (Wildman–Crippen LogP) is 2.31. The van der Waals surface area contributed by atoms with Gasteiger partial charge in [-0.15, -0.1) is 0 Å². The zero-order chi connectivity index (χ0) is 13.1. The minimum absolute atomic E-state index is 0.0778. The molecule has 94 valence electrons. The summed E-state index contributed by atoms with van der Waals surface area (Å²) in [5.41, 5.74) is 0.174. The Hall–Kier alpha value is -1.07. The third-order valence-corrected chi connectivity index (χ3v) is 3.45. The van der Waals surface area contributed by atoms with Gasteiger partial charge in [-0.2, -0.15) is 0 Å². The van der Waals surface area contributed by atoms with E-state index in [0.717, 1.165) is 6.26 Å². The summed E-state index contributed by atoms with van der Waals surface area (Å²) in [6.45, 7) is 2.19. The highest BCUT2D eigenvalue weighted by molar-refractivity contribution is 7.90. The van der Waals surface area contributed by atoms with E-state index >= 15 is 0 Å². The highest BCUT2D eigenvalue weighted by atomic mass is 35.5. The molecule has 0 aliphatic heterocycles. The van der Waals surface area contributed by atoms with Crippen LogP contribution in [0.25, 0.3) is 0 Å². The van der Waals surface area contributed by atoms with Crippen molar-refractivity contribution in [3.63, 3.8) is 0 Å². The molecule has 0 fully saturated rings. The lowest BCUT2D eigenvalue weighted by Crippen LogP contribution is -2.07. The number of carbonyl (C=O) groups excluding carboxylic acids is 1. The monoisotopic (exact) mass is 276 g/mol. The first-order valence-corrected chi connectivity index (χ1v) is 7.30. The minimum Gasteiger partial charge on any atom is -0.462 e. The second kappa shape index (κ2) is 5.51. The Bertz CT molecular complexity index is 522. The molecule has 0 bridgehead atoms. The van der Waals surface area contributed by atoms with Gasteiger partial charge in [-0.25, -0.2) is 13.2 Å². The number of hydrogen-bond donors (Lipinski definition) is 0. The molecule has 0 atom stereocenters. The molecule has 0 saturated carbocycles. The number of carbonyl (C=O) groups is 1. The van der Waals surface area contributed by atoms with E-state index in [-0.39, 0.29) is 15.5 Å². The first-order valence-electron chi connectivity index (χ1n) is 5.03. The zero-order valence-corrected chi connectivity index (χ0v) is 11.1. The van der Waals surface area contributed by atoms with Crippen molar-refractivity contribution in [1.29, 1.82) is 0 Å². The standard InChI is InChI=1S/C11H13ClO4S/c1-3-6-16-11(13)9-5-4-8(7-10(9)12)17(2,14)15/h4-5,7H,3,6H2,1-2H3. The lowest BCUT2D eigenvalue weighted by Gasteiger charge is -2.06. The Morgan fingerprint density at radius 1 is 1.41 bits per heavy atom. The average Bonchev–Trinajstić information content (AvgIpc) is 2.24. The second-order valence-electron chi connectivity index (χ2n) is 3.55. The van der Waals surface area contributed by atoms with Gasteiger partial charge in [0.2, 0.25) is 0 Å². The fourth-order valence-corrected chi connectivity index (χ4v) is 2.13. The Labute approximate surface area is 105 Å². The summed E-state index contributed by atoms with van der Waals surface area (Å²) >= 11 is 5.84. The number of benzene rings is 1. The number of hydrogen-bond acceptors (Lipinski definition) is 4. The summed E-state index contributed by atoms with van der Waals surface area (Å²) in [4.78, 5) is 11.6. The van der Waals surface area contributed by atoms with Gasteiger partial charge in [0.15, 0.2) is 9.84 Å². The summed E-state index contributed by atoms with van der Waals surface area (Å²) in [5, 5.41) is 0.0778. The van der Waals surface area contributed by atoms with E-state index in [4.69, 9.17) is 16.3 Å². The van der Waals surface area contributed by atoms with E-state index in [2.05, 4.69) is 0 Å². The molecular weight excluding hydrogens is 264 g/mol. The SMILES string of the molecule is CCCOC(=O)c1ccc(S(C)(=O)=O)cc1Cl. The van der Waals surface area contributed by atoms with Crippen molar-refractivity contribution in [3.8, 4) is 0 Å². The number of sulfone groups is 1. The summed E-state index contributed by atoms with van der Waals surface area (Å²) in [6, 6.07) is 3.94. The molecule has 0 spiro atoms. The van der Waals surface area contributed by atoms with Crippen LogP contribution in [-0.2, 0) is 14.6 Å². The van der Waals surface area contributed by atoms with Crippen LogP contribution in [0.4, 0.5) is 0 Å². The molecule has 0 N–H and O–H groups in total. The average molecular weight is 277 g/mol. The van der Waals surface area contributed by atoms with Crippen molar-refractivity contribution in [2.45, 2.75) is 18.2 Å². The van der Waals surface area contributed by atoms with Crippen molar-refractivity contribution in [1.82, 2.24) is 0 Å². The van der Waals surface area contributed by atoms with Gasteiger partial charge in [0.05, 0.1) is 22.1 Å². The quantitative estimate of drug-likeness (QED) is 0.792. The highest BCUT2D eigenvalue weighted by Gasteiger charge is 2.15. The fourth-order valence-electron chi connectivity index (χ4n) is 1.16. The molecule has 17 heavy (non-hydrogen) atoms. The first kappa shape index (κ1) is 14.0. The maximum atomic E-state index is 11.5. The Balaban J connectivity index is 3.02. The number of esters is 1. The van der Waals surface area contributed by atoms with Gasteiger partial charge in [-0.1, -0.05) is 18.5 Å². The predicted molar refractivity (Wildman–Crippen MR) is 65.1 cm³/mol. The van der Waals surface area contributed by atoms with Gasteiger partial charge >= 0.3 is 5.97 Å². The van der Waals surface area contributed by atoms with Crippen LogP contribution >= 0.6 is 11.6 Å². The van der Waals surface area contributed by atoms with Crippen molar-refractivity contribution in [2.75, 3.05) is 12.9 Å². The molecule has 0 aliphatic rings. The van der Waals surface area contributed by atoms with Gasteiger partial charge in [0.1, 0.15) is 0 Å². The molecule has 6 heteroatoms. The van der Waals surface area contributed by atoms with Crippen LogP contribution in [0.1, 0.15) is 23.7 Å². The molecule has 0 unspecified atom stereocenters. The van der Waals surface area contributed by atoms with Gasteiger partial charge in [0, 0.05) is 6.26 Å². The topological polar surface area (TPSA) is 60.4 Å². The van der Waals surface area contributed by atoms with Crippen molar-refractivity contribution < 1.29 is 17.9 Å². The maximum absolute atomic E-state index is 11.5. The van der Waals surface area contributed by atoms with Crippen molar-refractivity contribution in [3.05, 3.63) is 28.8 Å². The Morgan fingerprint density at radius 2 is 2.06 bits per heavy atom. The third-order valence-electron chi connectivity index (χ3n) is 2.03. The molecule has 4 nitrogen and oxygen atoms in total. The molecule has 0 saturated heterocycles. The molecule has 0 heterocycles. The zero-order valence-electron chi connectivity index (χ0n) is 9.57. The van der Waals surface area contributed by atoms with E-state index in [0.29, 0.717) is 13.0 Å². The number of rotatable bonds is 4. The van der Waals surface area contributed by atoms with Gasteiger partial charge in [-0.3, -0.25) is 0 Å². The van der Waals surface area contributed by atoms with E-state index < -0.39 is 15.8 Å². The van der Waals surface area contributed by atoms with E-state index in [9.17, 15) is 13.2 Å². The fraction of sp³-hybridized carbons (Fsp3) is 0.364. The summed E-state index contributed by atoms with van der Waals surface area (Å²) in [7, 11) is -3.32. The highest BCUT2D eigenvalue weighted by Crippen LogP contribution is 2.21. The van der Waals surface area contributed by atoms with Crippen molar-refractivity contribution in [2.24, 2.45) is 0 Å². The van der Waals surface area contributed by atoms with Gasteiger partial charge < -0.3 is 4.74 Å². The number of ether oxygens (including phenoxy) is 1. The van der Waals surface area contributed by atoms with E-state index in [1.165, 1.54) is 18.2 Å². The normalized spacial score (nSPS) is 11.2. The Morgan fingerprint density at radius 3 is 2.53 bits per heavy atom. The Kier molecular flexibility index (Phi) is 4.54. The maximum Gasteiger partial charge on any atom is 0.339 e. The molecule has 0 amide bonds. The van der Waals surface area contributed by atoms with E-state index in [1.54, 1.807) is 0 Å². The molecular formula is C11H13ClO4S. The molecule has 1 aromatic rings. The summed E-state index contributed by atoms with van der Waals surface area (Å²) < 4.78 is 27.4. The summed E-state index contributed by atoms with van der Waals surface area (Å²) in [5.74, 6) is -0.545. The van der Waals surface area contributed by atoms with Crippen LogP contribution in [-0.4, -0.2) is 27.2 Å². The molecule has 1 aromatic carbocycles. The first-order chi connectivity index (χ1) is 7.86. The van der Waals surface area contributed by atoms with Crippen LogP contribution in [0.15, 0.2) is 23.1 Å². The smallest absolute Gasteiger partial charge is 0.339 e. The molecule has 0 aliphatic carbocycles. The second-order valence-corrected chi connectivity index (χ2v) is 5.97. The van der Waals surface area contributed by atoms with Gasteiger partial charge in [-0.05, 0) is 24.6 Å². The minimum atomic E-state index is -3.32. The molecule has 0 radical (unpaired) electrons. The molecule has 0 aromatic heterocycles. The van der Waals surface area contributed by atoms with Crippen LogP contribution in [0, 0.1) is 0 Å². The van der Waals surface area contributed by atoms with Crippen LogP contribution in [0.2, 0.25) is 5.02 Å². The van der Waals surface area contributed by atoms with Crippen molar-refractivity contribution >= 4 is 27.4 Å².